The summed E-state index contributed by atoms with van der Waals surface area (Å²) in [5.74, 6) is -0.0307. The van der Waals surface area contributed by atoms with Gasteiger partial charge in [0, 0.05) is 32.2 Å². The van der Waals surface area contributed by atoms with Crippen LogP contribution in [0.25, 0.3) is 0 Å². The monoisotopic (exact) mass is 321 g/mol. The molecule has 0 spiro atoms. The van der Waals surface area contributed by atoms with Crippen molar-refractivity contribution in [2.24, 2.45) is 0 Å². The van der Waals surface area contributed by atoms with Crippen molar-refractivity contribution >= 4 is 5.91 Å². The van der Waals surface area contributed by atoms with E-state index in [-0.39, 0.29) is 11.7 Å². The van der Waals surface area contributed by atoms with Gasteiger partial charge >= 0.3 is 0 Å². The first kappa shape index (κ1) is 17.9. The van der Waals surface area contributed by atoms with Gasteiger partial charge in [-0.1, -0.05) is 18.2 Å². The van der Waals surface area contributed by atoms with Crippen molar-refractivity contribution in [2.45, 2.75) is 44.7 Å². The van der Waals surface area contributed by atoms with E-state index in [1.165, 1.54) is 6.07 Å². The summed E-state index contributed by atoms with van der Waals surface area (Å²) in [6.07, 6.45) is 3.80. The van der Waals surface area contributed by atoms with E-state index >= 15 is 0 Å². The molecule has 0 aliphatic carbocycles. The number of benzene rings is 1. The Balaban J connectivity index is 1.67. The van der Waals surface area contributed by atoms with E-state index < -0.39 is 0 Å². The SMILES string of the molecule is CNC(=O)CN1CCC(NC(C)CCc2ccccc2F)CC1. The molecule has 2 N–H and O–H groups in total. The van der Waals surface area contributed by atoms with E-state index in [0.717, 1.165) is 44.3 Å². The molecule has 1 aliphatic heterocycles. The zero-order valence-electron chi connectivity index (χ0n) is 14.1. The van der Waals surface area contributed by atoms with Crippen LogP contribution in [0.4, 0.5) is 4.39 Å². The molecule has 23 heavy (non-hydrogen) atoms. The lowest BCUT2D eigenvalue weighted by molar-refractivity contribution is -0.122. The Hall–Kier alpha value is -1.46. The predicted octanol–water partition coefficient (Wildman–Crippen LogP) is 1.95. The maximum atomic E-state index is 13.6. The third-order valence-corrected chi connectivity index (χ3v) is 4.56. The highest BCUT2D eigenvalue weighted by Crippen LogP contribution is 2.14. The summed E-state index contributed by atoms with van der Waals surface area (Å²) in [5, 5.41) is 6.31. The van der Waals surface area contributed by atoms with Gasteiger partial charge in [0.2, 0.25) is 5.91 Å². The van der Waals surface area contributed by atoms with Crippen LogP contribution in [0, 0.1) is 5.82 Å². The number of hydrogen-bond donors (Lipinski definition) is 2. The van der Waals surface area contributed by atoms with Gasteiger partial charge in [-0.2, -0.15) is 0 Å². The maximum Gasteiger partial charge on any atom is 0.233 e. The number of rotatable bonds is 7. The summed E-state index contributed by atoms with van der Waals surface area (Å²) in [6.45, 7) is 4.56. The number of nitrogens with zero attached hydrogens (tertiary/aromatic N) is 1. The van der Waals surface area contributed by atoms with Crippen molar-refractivity contribution in [3.05, 3.63) is 35.6 Å². The molecular formula is C18H28FN3O. The van der Waals surface area contributed by atoms with Crippen LogP contribution in [0.5, 0.6) is 0 Å². The van der Waals surface area contributed by atoms with E-state index in [0.29, 0.717) is 18.6 Å². The van der Waals surface area contributed by atoms with Crippen molar-refractivity contribution in [2.75, 3.05) is 26.7 Å². The minimum Gasteiger partial charge on any atom is -0.358 e. The van der Waals surface area contributed by atoms with Crippen LogP contribution in [0.3, 0.4) is 0 Å². The number of halogens is 1. The fraction of sp³-hybridized carbons (Fsp3) is 0.611. The summed E-state index contributed by atoms with van der Waals surface area (Å²) in [4.78, 5) is 13.6. The lowest BCUT2D eigenvalue weighted by Gasteiger charge is -2.33. The molecule has 1 heterocycles. The minimum absolute atomic E-state index is 0.0784. The predicted molar refractivity (Wildman–Crippen MR) is 90.8 cm³/mol. The Morgan fingerprint density at radius 1 is 1.35 bits per heavy atom. The molecule has 4 nitrogen and oxygen atoms in total. The summed E-state index contributed by atoms with van der Waals surface area (Å²) >= 11 is 0. The molecule has 0 radical (unpaired) electrons. The van der Waals surface area contributed by atoms with Crippen LogP contribution in [-0.4, -0.2) is 49.6 Å². The number of piperidine rings is 1. The highest BCUT2D eigenvalue weighted by atomic mass is 19.1. The molecule has 0 bridgehead atoms. The van der Waals surface area contributed by atoms with Crippen molar-refractivity contribution in [3.63, 3.8) is 0 Å². The number of hydrogen-bond acceptors (Lipinski definition) is 3. The summed E-state index contributed by atoms with van der Waals surface area (Å²) in [5.41, 5.74) is 0.793. The first-order valence-corrected chi connectivity index (χ1v) is 8.51. The number of carbonyl (C=O) groups excluding carboxylic acids is 1. The molecule has 1 aromatic rings. The molecule has 1 fully saturated rings. The van der Waals surface area contributed by atoms with Crippen molar-refractivity contribution < 1.29 is 9.18 Å². The number of likely N-dealkylation sites (tertiary alicyclic amines) is 1. The van der Waals surface area contributed by atoms with Gasteiger partial charge in [0.05, 0.1) is 6.54 Å². The average Bonchev–Trinajstić information content (AvgIpc) is 2.56. The Morgan fingerprint density at radius 3 is 2.70 bits per heavy atom. The second-order valence-corrected chi connectivity index (χ2v) is 6.42. The number of likely N-dealkylation sites (N-methyl/N-ethyl adjacent to an activating group) is 1. The molecule has 5 heteroatoms. The van der Waals surface area contributed by atoms with E-state index in [1.54, 1.807) is 13.1 Å². The molecule has 1 atom stereocenters. The molecule has 0 aromatic heterocycles. The van der Waals surface area contributed by atoms with Crippen molar-refractivity contribution in [1.82, 2.24) is 15.5 Å². The Kier molecular flexibility index (Phi) is 6.99. The van der Waals surface area contributed by atoms with E-state index in [2.05, 4.69) is 22.5 Å². The molecule has 1 saturated heterocycles. The van der Waals surface area contributed by atoms with Gasteiger partial charge in [0.25, 0.3) is 0 Å². The summed E-state index contributed by atoms with van der Waals surface area (Å²) in [6, 6.07) is 7.86. The van der Waals surface area contributed by atoms with Crippen molar-refractivity contribution in [3.8, 4) is 0 Å². The smallest absolute Gasteiger partial charge is 0.233 e. The highest BCUT2D eigenvalue weighted by Gasteiger charge is 2.21. The van der Waals surface area contributed by atoms with Crippen molar-refractivity contribution in [1.29, 1.82) is 0 Å². The lowest BCUT2D eigenvalue weighted by Crippen LogP contribution is -2.47. The molecule has 128 valence electrons. The second kappa shape index (κ2) is 8.99. The van der Waals surface area contributed by atoms with Gasteiger partial charge in [-0.15, -0.1) is 0 Å². The van der Waals surface area contributed by atoms with Gasteiger partial charge in [-0.25, -0.2) is 4.39 Å². The molecular weight excluding hydrogens is 293 g/mol. The van der Waals surface area contributed by atoms with Gasteiger partial charge in [0.1, 0.15) is 5.82 Å². The van der Waals surface area contributed by atoms with Gasteiger partial charge in [-0.05, 0) is 44.2 Å². The topological polar surface area (TPSA) is 44.4 Å². The zero-order valence-corrected chi connectivity index (χ0v) is 14.1. The molecule has 1 amide bonds. The van der Waals surface area contributed by atoms with E-state index in [9.17, 15) is 9.18 Å². The van der Waals surface area contributed by atoms with Gasteiger partial charge in [0.15, 0.2) is 0 Å². The van der Waals surface area contributed by atoms with Crippen LogP contribution in [0.2, 0.25) is 0 Å². The number of nitrogens with one attached hydrogen (secondary N) is 2. The normalized spacial score (nSPS) is 17.9. The number of amides is 1. The summed E-state index contributed by atoms with van der Waals surface area (Å²) in [7, 11) is 1.67. The fourth-order valence-corrected chi connectivity index (χ4v) is 3.10. The molecule has 1 unspecified atom stereocenters. The third kappa shape index (κ3) is 5.92. The van der Waals surface area contributed by atoms with Crippen LogP contribution in [0.15, 0.2) is 24.3 Å². The van der Waals surface area contributed by atoms with E-state index in [4.69, 9.17) is 0 Å². The summed E-state index contributed by atoms with van der Waals surface area (Å²) < 4.78 is 13.6. The highest BCUT2D eigenvalue weighted by molar-refractivity contribution is 5.77. The molecule has 1 aromatic carbocycles. The van der Waals surface area contributed by atoms with Crippen LogP contribution >= 0.6 is 0 Å². The first-order chi connectivity index (χ1) is 11.1. The third-order valence-electron chi connectivity index (χ3n) is 4.56. The van der Waals surface area contributed by atoms with Crippen LogP contribution in [0.1, 0.15) is 31.7 Å². The van der Waals surface area contributed by atoms with Gasteiger partial charge in [-0.3, -0.25) is 9.69 Å². The Morgan fingerprint density at radius 2 is 2.04 bits per heavy atom. The Labute approximate surface area is 138 Å². The molecule has 2 rings (SSSR count). The number of aryl methyl sites for hydroxylation is 1. The van der Waals surface area contributed by atoms with Gasteiger partial charge < -0.3 is 10.6 Å². The zero-order chi connectivity index (χ0) is 16.7. The standard InChI is InChI=1S/C18H28FN3O/c1-14(7-8-15-5-3-4-6-17(15)19)21-16-9-11-22(12-10-16)13-18(23)20-2/h3-6,14,16,21H,7-13H2,1-2H3,(H,20,23). The maximum absolute atomic E-state index is 13.6. The van der Waals surface area contributed by atoms with Crippen LogP contribution < -0.4 is 10.6 Å². The lowest BCUT2D eigenvalue weighted by atomic mass is 10.0. The quantitative estimate of drug-likeness (QED) is 0.807. The minimum atomic E-state index is -0.109. The fourth-order valence-electron chi connectivity index (χ4n) is 3.10. The molecule has 0 saturated carbocycles. The molecule has 1 aliphatic rings. The number of carbonyl (C=O) groups is 1. The van der Waals surface area contributed by atoms with Crippen LogP contribution in [-0.2, 0) is 11.2 Å². The largest absolute Gasteiger partial charge is 0.358 e. The first-order valence-electron chi connectivity index (χ1n) is 8.51. The second-order valence-electron chi connectivity index (χ2n) is 6.42. The van der Waals surface area contributed by atoms with E-state index in [1.807, 2.05) is 12.1 Å². The Bertz CT molecular complexity index is 501. The average molecular weight is 321 g/mol.